The van der Waals surface area contributed by atoms with Crippen LogP contribution in [0.5, 0.6) is 0 Å². The molecule has 0 unspecified atom stereocenters. The van der Waals surface area contributed by atoms with Gasteiger partial charge in [0, 0.05) is 5.69 Å². The maximum atomic E-state index is 5.80. The predicted octanol–water partition coefficient (Wildman–Crippen LogP) is 4.17. The minimum atomic E-state index is 0.860. The second-order valence-corrected chi connectivity index (χ2v) is 4.25. The number of hydrogen-bond donors (Lipinski definition) is 1. The predicted molar refractivity (Wildman–Crippen MR) is 75.2 cm³/mol. The second kappa shape index (κ2) is 4.62. The Morgan fingerprint density at radius 1 is 0.882 bits per heavy atom. The van der Waals surface area contributed by atoms with Crippen molar-refractivity contribution in [2.75, 3.05) is 5.73 Å². The van der Waals surface area contributed by atoms with E-state index >= 15 is 0 Å². The van der Waals surface area contributed by atoms with E-state index in [9.17, 15) is 0 Å². The molecule has 0 heterocycles. The zero-order chi connectivity index (χ0) is 12.4. The first kappa shape index (κ1) is 11.7. The van der Waals surface area contributed by atoms with Gasteiger partial charge in [-0.1, -0.05) is 43.7 Å². The average molecular weight is 225 g/mol. The van der Waals surface area contributed by atoms with Crippen LogP contribution in [0.4, 0.5) is 5.69 Å². The van der Waals surface area contributed by atoms with Crippen LogP contribution in [0.1, 0.15) is 30.5 Å². The Morgan fingerprint density at radius 2 is 1.47 bits per heavy atom. The van der Waals surface area contributed by atoms with E-state index in [2.05, 4.69) is 37.3 Å². The lowest BCUT2D eigenvalue weighted by atomic mass is 10.0. The molecule has 0 saturated carbocycles. The summed E-state index contributed by atoms with van der Waals surface area (Å²) < 4.78 is 0. The van der Waals surface area contributed by atoms with Gasteiger partial charge < -0.3 is 5.73 Å². The van der Waals surface area contributed by atoms with Crippen LogP contribution in [0.2, 0.25) is 0 Å². The first-order chi connectivity index (χ1) is 8.24. The SMILES string of the molecule is CC.Cc1ccc2c(c1)Cc1cc(N)ccc1-2. The summed E-state index contributed by atoms with van der Waals surface area (Å²) in [5.41, 5.74) is 13.5. The smallest absolute Gasteiger partial charge is 0.0317 e. The van der Waals surface area contributed by atoms with Crippen molar-refractivity contribution in [2.24, 2.45) is 0 Å². The molecule has 0 fully saturated rings. The lowest BCUT2D eigenvalue weighted by molar-refractivity contribution is 1.25. The van der Waals surface area contributed by atoms with E-state index in [1.54, 1.807) is 0 Å². The Hall–Kier alpha value is -1.76. The van der Waals surface area contributed by atoms with Gasteiger partial charge >= 0.3 is 0 Å². The first-order valence-corrected chi connectivity index (χ1v) is 6.22. The van der Waals surface area contributed by atoms with Crippen molar-refractivity contribution in [3.8, 4) is 11.1 Å². The fraction of sp³-hybridized carbons (Fsp3) is 0.250. The van der Waals surface area contributed by atoms with E-state index < -0.39 is 0 Å². The van der Waals surface area contributed by atoms with Gasteiger partial charge in [-0.25, -0.2) is 0 Å². The molecule has 0 bridgehead atoms. The highest BCUT2D eigenvalue weighted by atomic mass is 14.5. The molecule has 3 rings (SSSR count). The lowest BCUT2D eigenvalue weighted by Gasteiger charge is -2.01. The van der Waals surface area contributed by atoms with Crippen molar-refractivity contribution >= 4 is 5.69 Å². The quantitative estimate of drug-likeness (QED) is 0.571. The summed E-state index contributed by atoms with van der Waals surface area (Å²) in [4.78, 5) is 0. The molecule has 1 aliphatic carbocycles. The van der Waals surface area contributed by atoms with E-state index in [1.165, 1.54) is 27.8 Å². The van der Waals surface area contributed by atoms with Gasteiger partial charge in [-0.05, 0) is 47.7 Å². The number of nitrogens with two attached hydrogens (primary N) is 1. The summed E-state index contributed by atoms with van der Waals surface area (Å²) >= 11 is 0. The zero-order valence-corrected chi connectivity index (χ0v) is 10.7. The molecular weight excluding hydrogens is 206 g/mol. The van der Waals surface area contributed by atoms with Gasteiger partial charge in [-0.3, -0.25) is 0 Å². The number of hydrogen-bond acceptors (Lipinski definition) is 1. The molecule has 0 spiro atoms. The van der Waals surface area contributed by atoms with Crippen molar-refractivity contribution < 1.29 is 0 Å². The highest BCUT2D eigenvalue weighted by Crippen LogP contribution is 2.37. The number of benzene rings is 2. The van der Waals surface area contributed by atoms with Gasteiger partial charge in [0.2, 0.25) is 0 Å². The monoisotopic (exact) mass is 225 g/mol. The van der Waals surface area contributed by atoms with Crippen LogP contribution >= 0.6 is 0 Å². The van der Waals surface area contributed by atoms with Gasteiger partial charge in [0.1, 0.15) is 0 Å². The Bertz CT molecular complexity index is 492. The zero-order valence-electron chi connectivity index (χ0n) is 10.7. The second-order valence-electron chi connectivity index (χ2n) is 4.25. The van der Waals surface area contributed by atoms with Crippen LogP contribution in [0.15, 0.2) is 36.4 Å². The van der Waals surface area contributed by atoms with Gasteiger partial charge in [0.15, 0.2) is 0 Å². The van der Waals surface area contributed by atoms with E-state index in [0.717, 1.165) is 12.1 Å². The summed E-state index contributed by atoms with van der Waals surface area (Å²) in [5, 5.41) is 0. The number of fused-ring (bicyclic) bond motifs is 3. The summed E-state index contributed by atoms with van der Waals surface area (Å²) in [6, 6.07) is 12.9. The van der Waals surface area contributed by atoms with Crippen molar-refractivity contribution in [1.29, 1.82) is 0 Å². The summed E-state index contributed by atoms with van der Waals surface area (Å²) in [7, 11) is 0. The molecule has 17 heavy (non-hydrogen) atoms. The van der Waals surface area contributed by atoms with Crippen molar-refractivity contribution in [2.45, 2.75) is 27.2 Å². The maximum Gasteiger partial charge on any atom is 0.0317 e. The van der Waals surface area contributed by atoms with Crippen LogP contribution in [-0.2, 0) is 6.42 Å². The molecule has 0 atom stereocenters. The summed E-state index contributed by atoms with van der Waals surface area (Å²) in [6.07, 6.45) is 1.03. The van der Waals surface area contributed by atoms with Crippen LogP contribution in [0.3, 0.4) is 0 Å². The molecule has 0 radical (unpaired) electrons. The van der Waals surface area contributed by atoms with Crippen molar-refractivity contribution in [3.05, 3.63) is 53.1 Å². The molecule has 2 N–H and O–H groups in total. The van der Waals surface area contributed by atoms with Gasteiger partial charge in [-0.15, -0.1) is 0 Å². The average Bonchev–Trinajstić information content (AvgIpc) is 2.67. The Kier molecular flexibility index (Phi) is 3.19. The van der Waals surface area contributed by atoms with Gasteiger partial charge in [0.25, 0.3) is 0 Å². The normalized spacial score (nSPS) is 11.2. The number of aryl methyl sites for hydroxylation is 1. The fourth-order valence-corrected chi connectivity index (χ4v) is 2.36. The highest BCUT2D eigenvalue weighted by Gasteiger charge is 2.17. The third-order valence-electron chi connectivity index (χ3n) is 3.06. The van der Waals surface area contributed by atoms with Crippen LogP contribution in [0, 0.1) is 6.92 Å². The molecular formula is C16H19N. The Balaban J connectivity index is 0.000000514. The molecule has 1 aliphatic rings. The minimum Gasteiger partial charge on any atom is -0.399 e. The first-order valence-electron chi connectivity index (χ1n) is 6.22. The topological polar surface area (TPSA) is 26.0 Å². The molecule has 1 nitrogen and oxygen atoms in total. The molecule has 2 aromatic carbocycles. The van der Waals surface area contributed by atoms with Crippen molar-refractivity contribution in [3.63, 3.8) is 0 Å². The number of rotatable bonds is 0. The summed E-state index contributed by atoms with van der Waals surface area (Å²) in [5.74, 6) is 0. The molecule has 0 amide bonds. The molecule has 88 valence electrons. The number of anilines is 1. The largest absolute Gasteiger partial charge is 0.399 e. The van der Waals surface area contributed by atoms with Crippen LogP contribution in [0.25, 0.3) is 11.1 Å². The maximum absolute atomic E-state index is 5.80. The van der Waals surface area contributed by atoms with E-state index in [0.29, 0.717) is 0 Å². The fourth-order valence-electron chi connectivity index (χ4n) is 2.36. The van der Waals surface area contributed by atoms with E-state index in [4.69, 9.17) is 5.73 Å². The molecule has 0 aliphatic heterocycles. The Labute approximate surface area is 103 Å². The third-order valence-corrected chi connectivity index (χ3v) is 3.06. The Morgan fingerprint density at radius 3 is 2.18 bits per heavy atom. The molecule has 1 heteroatoms. The van der Waals surface area contributed by atoms with Gasteiger partial charge in [-0.2, -0.15) is 0 Å². The standard InChI is InChI=1S/C14H13N.C2H6/c1-9-2-4-13-10(6-9)7-11-8-12(15)3-5-14(11)13;1-2/h2-6,8H,7,15H2,1H3;1-2H3. The number of nitrogen functional groups attached to an aromatic ring is 1. The van der Waals surface area contributed by atoms with Crippen molar-refractivity contribution in [1.82, 2.24) is 0 Å². The van der Waals surface area contributed by atoms with Crippen LogP contribution < -0.4 is 5.73 Å². The molecule has 2 aromatic rings. The lowest BCUT2D eigenvalue weighted by Crippen LogP contribution is -1.86. The third kappa shape index (κ3) is 2.05. The molecule has 0 saturated heterocycles. The van der Waals surface area contributed by atoms with Crippen LogP contribution in [-0.4, -0.2) is 0 Å². The van der Waals surface area contributed by atoms with E-state index in [1.807, 2.05) is 19.9 Å². The minimum absolute atomic E-state index is 0.860. The van der Waals surface area contributed by atoms with E-state index in [-0.39, 0.29) is 0 Å². The van der Waals surface area contributed by atoms with Gasteiger partial charge in [0.05, 0.1) is 0 Å². The summed E-state index contributed by atoms with van der Waals surface area (Å²) in [6.45, 7) is 6.14. The highest BCUT2D eigenvalue weighted by molar-refractivity contribution is 5.78. The molecule has 0 aromatic heterocycles.